The number of hydrogen-bond donors (Lipinski definition) is 0. The topological polar surface area (TPSA) is 44.8 Å². The Hall–Kier alpha value is -1.81. The predicted molar refractivity (Wildman–Crippen MR) is 72.0 cm³/mol. The highest BCUT2D eigenvalue weighted by molar-refractivity contribution is 5.95. The Morgan fingerprint density at radius 1 is 1.42 bits per heavy atom. The standard InChI is InChI=1S/C15H18O4/c1-11(17-2)7-8-18-15(16)13-9-12-5-3-4-6-14(12)19-10-13/h3-6,9,11H,7-8,10H2,1-2H3/t11-/m0/s1. The summed E-state index contributed by atoms with van der Waals surface area (Å²) in [5.74, 6) is 0.477. The maximum Gasteiger partial charge on any atom is 0.337 e. The van der Waals surface area contributed by atoms with Crippen LogP contribution in [0.2, 0.25) is 0 Å². The molecule has 0 bridgehead atoms. The molecule has 1 atom stereocenters. The number of hydrogen-bond acceptors (Lipinski definition) is 4. The summed E-state index contributed by atoms with van der Waals surface area (Å²) >= 11 is 0. The monoisotopic (exact) mass is 262 g/mol. The van der Waals surface area contributed by atoms with E-state index < -0.39 is 0 Å². The fourth-order valence-electron chi connectivity index (χ4n) is 1.76. The Bertz CT molecular complexity index is 479. The number of carbonyl (C=O) groups excluding carboxylic acids is 1. The molecule has 1 aromatic rings. The van der Waals surface area contributed by atoms with Crippen molar-refractivity contribution in [2.45, 2.75) is 19.4 Å². The van der Waals surface area contributed by atoms with Gasteiger partial charge in [-0.15, -0.1) is 0 Å². The number of para-hydroxylation sites is 1. The average Bonchev–Trinajstić information content (AvgIpc) is 2.46. The summed E-state index contributed by atoms with van der Waals surface area (Å²) < 4.78 is 15.8. The molecule has 1 aliphatic heterocycles. The van der Waals surface area contributed by atoms with Crippen LogP contribution in [0.5, 0.6) is 5.75 Å². The van der Waals surface area contributed by atoms with Gasteiger partial charge in [-0.1, -0.05) is 18.2 Å². The summed E-state index contributed by atoms with van der Waals surface area (Å²) in [6.45, 7) is 2.55. The average molecular weight is 262 g/mol. The molecule has 0 unspecified atom stereocenters. The lowest BCUT2D eigenvalue weighted by atomic mass is 10.1. The second-order valence-electron chi connectivity index (χ2n) is 4.47. The second kappa shape index (κ2) is 6.38. The molecule has 0 spiro atoms. The van der Waals surface area contributed by atoms with Crippen molar-refractivity contribution in [3.63, 3.8) is 0 Å². The molecule has 0 fully saturated rings. The van der Waals surface area contributed by atoms with Gasteiger partial charge in [0.05, 0.1) is 18.3 Å². The van der Waals surface area contributed by atoms with E-state index in [1.807, 2.05) is 37.3 Å². The molecule has 1 heterocycles. The molecule has 0 saturated carbocycles. The fraction of sp³-hybridized carbons (Fsp3) is 0.400. The molecule has 1 aromatic carbocycles. The first-order chi connectivity index (χ1) is 9.20. The van der Waals surface area contributed by atoms with Crippen LogP contribution >= 0.6 is 0 Å². The SMILES string of the molecule is CO[C@@H](C)CCOC(=O)C1=Cc2ccccc2OC1. The van der Waals surface area contributed by atoms with E-state index in [9.17, 15) is 4.79 Å². The highest BCUT2D eigenvalue weighted by Gasteiger charge is 2.18. The van der Waals surface area contributed by atoms with Gasteiger partial charge in [0, 0.05) is 19.1 Å². The number of ether oxygens (including phenoxy) is 3. The van der Waals surface area contributed by atoms with Crippen molar-refractivity contribution >= 4 is 12.0 Å². The van der Waals surface area contributed by atoms with Gasteiger partial charge < -0.3 is 14.2 Å². The minimum atomic E-state index is -0.321. The molecular weight excluding hydrogens is 244 g/mol. The van der Waals surface area contributed by atoms with E-state index >= 15 is 0 Å². The molecule has 0 amide bonds. The van der Waals surface area contributed by atoms with Gasteiger partial charge in [0.25, 0.3) is 0 Å². The minimum Gasteiger partial charge on any atom is -0.488 e. The largest absolute Gasteiger partial charge is 0.488 e. The van der Waals surface area contributed by atoms with Gasteiger partial charge in [-0.25, -0.2) is 4.79 Å². The van der Waals surface area contributed by atoms with Gasteiger partial charge in [-0.3, -0.25) is 0 Å². The summed E-state index contributed by atoms with van der Waals surface area (Å²) in [5, 5.41) is 0. The molecule has 0 aliphatic carbocycles. The first kappa shape index (κ1) is 13.6. The highest BCUT2D eigenvalue weighted by Crippen LogP contribution is 2.26. The number of fused-ring (bicyclic) bond motifs is 1. The van der Waals surface area contributed by atoms with Gasteiger partial charge in [0.15, 0.2) is 0 Å². The zero-order valence-electron chi connectivity index (χ0n) is 11.2. The predicted octanol–water partition coefficient (Wildman–Crippen LogP) is 2.43. The number of esters is 1. The fourth-order valence-corrected chi connectivity index (χ4v) is 1.76. The molecule has 19 heavy (non-hydrogen) atoms. The molecular formula is C15H18O4. The molecule has 102 valence electrons. The van der Waals surface area contributed by atoms with E-state index in [0.29, 0.717) is 18.6 Å². The van der Waals surface area contributed by atoms with E-state index in [4.69, 9.17) is 14.2 Å². The van der Waals surface area contributed by atoms with Crippen molar-refractivity contribution in [3.05, 3.63) is 35.4 Å². The first-order valence-corrected chi connectivity index (χ1v) is 6.33. The van der Waals surface area contributed by atoms with Crippen LogP contribution in [0.3, 0.4) is 0 Å². The van der Waals surface area contributed by atoms with Gasteiger partial charge in [0.1, 0.15) is 12.4 Å². The molecule has 0 N–H and O–H groups in total. The van der Waals surface area contributed by atoms with Crippen LogP contribution in [0.4, 0.5) is 0 Å². The lowest BCUT2D eigenvalue weighted by Gasteiger charge is -2.17. The Balaban J connectivity index is 1.92. The summed E-state index contributed by atoms with van der Waals surface area (Å²) in [7, 11) is 1.64. The van der Waals surface area contributed by atoms with Crippen LogP contribution in [0.15, 0.2) is 29.8 Å². The van der Waals surface area contributed by atoms with Crippen LogP contribution in [0.1, 0.15) is 18.9 Å². The highest BCUT2D eigenvalue weighted by atomic mass is 16.5. The summed E-state index contributed by atoms with van der Waals surface area (Å²) in [6.07, 6.45) is 2.60. The minimum absolute atomic E-state index is 0.0881. The zero-order chi connectivity index (χ0) is 13.7. The molecule has 1 aliphatic rings. The number of carbonyl (C=O) groups is 1. The third-order valence-corrected chi connectivity index (χ3v) is 3.05. The van der Waals surface area contributed by atoms with Crippen molar-refractivity contribution in [1.82, 2.24) is 0 Å². The molecule has 0 aromatic heterocycles. The Labute approximate surface area is 113 Å². The van der Waals surface area contributed by atoms with Crippen molar-refractivity contribution in [2.24, 2.45) is 0 Å². The second-order valence-corrected chi connectivity index (χ2v) is 4.47. The van der Waals surface area contributed by atoms with Crippen molar-refractivity contribution in [3.8, 4) is 5.75 Å². The van der Waals surface area contributed by atoms with E-state index in [1.165, 1.54) is 0 Å². The van der Waals surface area contributed by atoms with Crippen molar-refractivity contribution < 1.29 is 19.0 Å². The number of benzene rings is 1. The van der Waals surface area contributed by atoms with E-state index in [1.54, 1.807) is 7.11 Å². The van der Waals surface area contributed by atoms with Crippen LogP contribution in [-0.4, -0.2) is 32.4 Å². The van der Waals surface area contributed by atoms with Gasteiger partial charge in [0.2, 0.25) is 0 Å². The van der Waals surface area contributed by atoms with E-state index in [-0.39, 0.29) is 18.7 Å². The van der Waals surface area contributed by atoms with Gasteiger partial charge in [-0.05, 0) is 19.1 Å². The van der Waals surface area contributed by atoms with Gasteiger partial charge in [-0.2, -0.15) is 0 Å². The lowest BCUT2D eigenvalue weighted by molar-refractivity contribution is -0.140. The quantitative estimate of drug-likeness (QED) is 0.764. The van der Waals surface area contributed by atoms with E-state index in [2.05, 4.69) is 0 Å². The third kappa shape index (κ3) is 3.58. The molecule has 4 nitrogen and oxygen atoms in total. The molecule has 0 saturated heterocycles. The van der Waals surface area contributed by atoms with Crippen LogP contribution in [-0.2, 0) is 14.3 Å². The maximum absolute atomic E-state index is 11.9. The zero-order valence-corrected chi connectivity index (χ0v) is 11.2. The molecule has 2 rings (SSSR count). The van der Waals surface area contributed by atoms with Crippen molar-refractivity contribution in [1.29, 1.82) is 0 Å². The van der Waals surface area contributed by atoms with E-state index in [0.717, 1.165) is 11.3 Å². The summed E-state index contributed by atoms with van der Waals surface area (Å²) in [4.78, 5) is 11.9. The Kier molecular flexibility index (Phi) is 4.58. The molecule has 0 radical (unpaired) electrons. The molecule has 4 heteroatoms. The van der Waals surface area contributed by atoms with Gasteiger partial charge >= 0.3 is 5.97 Å². The van der Waals surface area contributed by atoms with Crippen LogP contribution < -0.4 is 4.74 Å². The summed E-state index contributed by atoms with van der Waals surface area (Å²) in [5.41, 5.74) is 1.45. The van der Waals surface area contributed by atoms with Crippen LogP contribution in [0.25, 0.3) is 6.08 Å². The maximum atomic E-state index is 11.9. The third-order valence-electron chi connectivity index (χ3n) is 3.05. The normalized spacial score (nSPS) is 14.9. The Morgan fingerprint density at radius 3 is 3.00 bits per heavy atom. The number of rotatable bonds is 5. The van der Waals surface area contributed by atoms with Crippen LogP contribution in [0, 0.1) is 0 Å². The number of methoxy groups -OCH3 is 1. The first-order valence-electron chi connectivity index (χ1n) is 6.33. The van der Waals surface area contributed by atoms with Crippen molar-refractivity contribution in [2.75, 3.05) is 20.3 Å². The Morgan fingerprint density at radius 2 is 2.21 bits per heavy atom. The summed E-state index contributed by atoms with van der Waals surface area (Å²) in [6, 6.07) is 7.61. The lowest BCUT2D eigenvalue weighted by Crippen LogP contribution is -2.19. The smallest absolute Gasteiger partial charge is 0.337 e.